The molecule has 1 fully saturated rings. The lowest BCUT2D eigenvalue weighted by molar-refractivity contribution is 0.197. The third kappa shape index (κ3) is 3.71. The number of piperidine rings is 1. The Morgan fingerprint density at radius 1 is 1.03 bits per heavy atom. The summed E-state index contributed by atoms with van der Waals surface area (Å²) in [5.74, 6) is 0.951. The highest BCUT2D eigenvalue weighted by atomic mass is 15.3. The number of nitrogens with two attached hydrogens (primary N) is 1. The van der Waals surface area contributed by atoms with Crippen molar-refractivity contribution < 1.29 is 0 Å². The number of hydrogen-bond acceptors (Lipinski definition) is 5. The minimum Gasteiger partial charge on any atom is -0.384 e. The molecule has 4 heterocycles. The van der Waals surface area contributed by atoms with Gasteiger partial charge < -0.3 is 5.73 Å². The maximum Gasteiger partial charge on any atom is 0.155 e. The van der Waals surface area contributed by atoms with E-state index in [9.17, 15) is 0 Å². The number of fused-ring (bicyclic) bond motifs is 1. The highest BCUT2D eigenvalue weighted by Gasteiger charge is 2.24. The van der Waals surface area contributed by atoms with Gasteiger partial charge in [0, 0.05) is 43.0 Å². The molecule has 1 aliphatic rings. The molecular weight excluding hydrogens is 360 g/mol. The maximum absolute atomic E-state index is 5.72. The standard InChI is InChI=1S/C23H24N6/c24-22-9-8-18(14-26-22)20-13-23-25-11-10-21(29(23)27-20)19-7-4-12-28(16-19)15-17-5-2-1-3-6-17/h1-3,5-6,8-11,13-14,19H,4,7,12,15-16H2,(H2,24,26). The van der Waals surface area contributed by atoms with E-state index in [0.717, 1.165) is 36.5 Å². The second-order valence-corrected chi connectivity index (χ2v) is 7.70. The molecule has 6 heteroatoms. The van der Waals surface area contributed by atoms with Crippen LogP contribution in [0.1, 0.15) is 30.0 Å². The first kappa shape index (κ1) is 17.8. The summed E-state index contributed by atoms with van der Waals surface area (Å²) in [7, 11) is 0. The zero-order valence-corrected chi connectivity index (χ0v) is 16.3. The van der Waals surface area contributed by atoms with Crippen molar-refractivity contribution >= 4 is 11.5 Å². The number of pyridine rings is 1. The Morgan fingerprint density at radius 2 is 1.93 bits per heavy atom. The van der Waals surface area contributed by atoms with Crippen LogP contribution < -0.4 is 5.73 Å². The molecule has 0 aliphatic carbocycles. The molecular formula is C23H24N6. The van der Waals surface area contributed by atoms with E-state index in [0.29, 0.717) is 11.7 Å². The molecule has 1 saturated heterocycles. The van der Waals surface area contributed by atoms with E-state index < -0.39 is 0 Å². The topological polar surface area (TPSA) is 72.3 Å². The number of anilines is 1. The van der Waals surface area contributed by atoms with Crippen molar-refractivity contribution in [1.82, 2.24) is 24.5 Å². The second kappa shape index (κ2) is 7.64. The SMILES string of the molecule is Nc1ccc(-c2cc3nccc(C4CCCN(Cc5ccccc5)C4)n3n2)cn1. The van der Waals surface area contributed by atoms with Gasteiger partial charge in [0.2, 0.25) is 0 Å². The predicted octanol–water partition coefficient (Wildman–Crippen LogP) is 3.75. The summed E-state index contributed by atoms with van der Waals surface area (Å²) in [6.07, 6.45) is 6.02. The largest absolute Gasteiger partial charge is 0.384 e. The predicted molar refractivity (Wildman–Crippen MR) is 114 cm³/mol. The zero-order chi connectivity index (χ0) is 19.6. The van der Waals surface area contributed by atoms with Crippen LogP contribution in [-0.4, -0.2) is 37.6 Å². The third-order valence-electron chi connectivity index (χ3n) is 5.64. The van der Waals surface area contributed by atoms with E-state index in [1.54, 1.807) is 12.3 Å². The van der Waals surface area contributed by atoms with Gasteiger partial charge in [-0.05, 0) is 43.1 Å². The van der Waals surface area contributed by atoms with Crippen molar-refractivity contribution in [3.05, 3.63) is 78.2 Å². The van der Waals surface area contributed by atoms with Crippen molar-refractivity contribution in [2.45, 2.75) is 25.3 Å². The lowest BCUT2D eigenvalue weighted by atomic mass is 9.94. The summed E-state index contributed by atoms with van der Waals surface area (Å²) in [4.78, 5) is 11.3. The van der Waals surface area contributed by atoms with Gasteiger partial charge in [0.25, 0.3) is 0 Å². The Balaban J connectivity index is 1.42. The fourth-order valence-corrected chi connectivity index (χ4v) is 4.20. The van der Waals surface area contributed by atoms with Gasteiger partial charge in [0.1, 0.15) is 5.82 Å². The van der Waals surface area contributed by atoms with Crippen molar-refractivity contribution in [2.24, 2.45) is 0 Å². The summed E-state index contributed by atoms with van der Waals surface area (Å²) in [5, 5.41) is 4.85. The Bertz CT molecular complexity index is 1100. The van der Waals surface area contributed by atoms with Crippen LogP contribution in [0.4, 0.5) is 5.82 Å². The second-order valence-electron chi connectivity index (χ2n) is 7.70. The van der Waals surface area contributed by atoms with Crippen LogP contribution in [0.3, 0.4) is 0 Å². The lowest BCUT2D eigenvalue weighted by Gasteiger charge is -2.33. The summed E-state index contributed by atoms with van der Waals surface area (Å²) in [5.41, 5.74) is 11.0. The van der Waals surface area contributed by atoms with Crippen LogP contribution in [0, 0.1) is 0 Å². The van der Waals surface area contributed by atoms with Gasteiger partial charge in [0.05, 0.1) is 11.4 Å². The number of nitrogen functional groups attached to an aromatic ring is 1. The molecule has 1 aromatic carbocycles. The van der Waals surface area contributed by atoms with Gasteiger partial charge in [-0.1, -0.05) is 30.3 Å². The summed E-state index contributed by atoms with van der Waals surface area (Å²) >= 11 is 0. The van der Waals surface area contributed by atoms with Gasteiger partial charge in [0.15, 0.2) is 5.65 Å². The number of aromatic nitrogens is 4. The molecule has 1 unspecified atom stereocenters. The number of nitrogens with zero attached hydrogens (tertiary/aromatic N) is 5. The molecule has 29 heavy (non-hydrogen) atoms. The third-order valence-corrected chi connectivity index (χ3v) is 5.64. The van der Waals surface area contributed by atoms with Crippen molar-refractivity contribution in [1.29, 1.82) is 0 Å². The molecule has 3 aromatic heterocycles. The first-order chi connectivity index (χ1) is 14.3. The number of benzene rings is 1. The molecule has 0 bridgehead atoms. The molecule has 2 N–H and O–H groups in total. The van der Waals surface area contributed by atoms with E-state index >= 15 is 0 Å². The zero-order valence-electron chi connectivity index (χ0n) is 16.3. The first-order valence-electron chi connectivity index (χ1n) is 10.1. The Hall–Kier alpha value is -3.25. The molecule has 0 spiro atoms. The van der Waals surface area contributed by atoms with Crippen LogP contribution in [0.5, 0.6) is 0 Å². The van der Waals surface area contributed by atoms with Crippen molar-refractivity contribution in [2.75, 3.05) is 18.8 Å². The highest BCUT2D eigenvalue weighted by Crippen LogP contribution is 2.29. The van der Waals surface area contributed by atoms with E-state index in [-0.39, 0.29) is 0 Å². The first-order valence-corrected chi connectivity index (χ1v) is 10.1. The van der Waals surface area contributed by atoms with Crippen LogP contribution in [0.15, 0.2) is 67.0 Å². The van der Waals surface area contributed by atoms with Gasteiger partial charge in [-0.2, -0.15) is 5.10 Å². The van der Waals surface area contributed by atoms with Gasteiger partial charge in [-0.3, -0.25) is 4.90 Å². The highest BCUT2D eigenvalue weighted by molar-refractivity contribution is 5.64. The molecule has 0 saturated carbocycles. The molecule has 5 rings (SSSR count). The Labute approximate surface area is 170 Å². The summed E-state index contributed by atoms with van der Waals surface area (Å²) in [6, 6.07) is 18.6. The van der Waals surface area contributed by atoms with Gasteiger partial charge in [-0.25, -0.2) is 14.5 Å². The number of hydrogen-bond donors (Lipinski definition) is 1. The monoisotopic (exact) mass is 384 g/mol. The molecule has 4 aromatic rings. The van der Waals surface area contributed by atoms with Crippen LogP contribution in [-0.2, 0) is 6.54 Å². The van der Waals surface area contributed by atoms with E-state index in [4.69, 9.17) is 10.8 Å². The molecule has 1 atom stereocenters. The van der Waals surface area contributed by atoms with E-state index in [1.807, 2.05) is 22.8 Å². The lowest BCUT2D eigenvalue weighted by Crippen LogP contribution is -2.34. The molecule has 6 nitrogen and oxygen atoms in total. The fraction of sp³-hybridized carbons (Fsp3) is 0.261. The van der Waals surface area contributed by atoms with E-state index in [1.165, 1.54) is 24.1 Å². The fourth-order valence-electron chi connectivity index (χ4n) is 4.20. The Kier molecular flexibility index (Phi) is 4.69. The smallest absolute Gasteiger partial charge is 0.155 e. The van der Waals surface area contributed by atoms with Crippen LogP contribution in [0.25, 0.3) is 16.9 Å². The maximum atomic E-state index is 5.72. The average Bonchev–Trinajstić information content (AvgIpc) is 3.19. The minimum absolute atomic E-state index is 0.440. The molecule has 146 valence electrons. The van der Waals surface area contributed by atoms with E-state index in [2.05, 4.69) is 51.3 Å². The summed E-state index contributed by atoms with van der Waals surface area (Å²) in [6.45, 7) is 3.17. The van der Waals surface area contributed by atoms with Crippen LogP contribution in [0.2, 0.25) is 0 Å². The average molecular weight is 384 g/mol. The minimum atomic E-state index is 0.440. The quantitative estimate of drug-likeness (QED) is 0.580. The summed E-state index contributed by atoms with van der Waals surface area (Å²) < 4.78 is 2.00. The Morgan fingerprint density at radius 3 is 2.76 bits per heavy atom. The van der Waals surface area contributed by atoms with Gasteiger partial charge >= 0.3 is 0 Å². The van der Waals surface area contributed by atoms with Crippen molar-refractivity contribution in [3.63, 3.8) is 0 Å². The molecule has 0 amide bonds. The normalized spacial score (nSPS) is 17.6. The van der Waals surface area contributed by atoms with Crippen LogP contribution >= 0.6 is 0 Å². The molecule has 0 radical (unpaired) electrons. The number of rotatable bonds is 4. The van der Waals surface area contributed by atoms with Gasteiger partial charge in [-0.15, -0.1) is 0 Å². The number of likely N-dealkylation sites (tertiary alicyclic amines) is 1. The molecule has 1 aliphatic heterocycles. The van der Waals surface area contributed by atoms with Crippen molar-refractivity contribution in [3.8, 4) is 11.3 Å².